The molecule has 0 saturated heterocycles. The molecule has 0 aromatic carbocycles. The molecule has 14 heavy (non-hydrogen) atoms. The summed E-state index contributed by atoms with van der Waals surface area (Å²) >= 11 is 0. The summed E-state index contributed by atoms with van der Waals surface area (Å²) in [5.41, 5.74) is 3.51. The van der Waals surface area contributed by atoms with Crippen LogP contribution in [0.25, 0.3) is 0 Å². The van der Waals surface area contributed by atoms with E-state index in [-0.39, 0.29) is 0 Å². The number of hydrazone groups is 1. The first-order valence-corrected chi connectivity index (χ1v) is 5.43. The van der Waals surface area contributed by atoms with Gasteiger partial charge in [0.15, 0.2) is 0 Å². The smallest absolute Gasteiger partial charge is 0.116 e. The van der Waals surface area contributed by atoms with Crippen molar-refractivity contribution in [1.82, 2.24) is 10.3 Å². The molecule has 3 heteroatoms. The molecule has 0 bridgehead atoms. The highest BCUT2D eigenvalue weighted by Gasteiger charge is 2.25. The van der Waals surface area contributed by atoms with E-state index in [0.29, 0.717) is 17.5 Å². The lowest BCUT2D eigenvalue weighted by molar-refractivity contribution is 0.202. The van der Waals surface area contributed by atoms with Crippen LogP contribution in [-0.2, 0) is 0 Å². The molecule has 0 radical (unpaired) electrons. The Hall–Kier alpha value is -0.730. The minimum Gasteiger partial charge on any atom is -0.339 e. The molecule has 1 aliphatic heterocycles. The molecule has 1 unspecified atom stereocenters. The lowest BCUT2D eigenvalue weighted by Gasteiger charge is -2.30. The molecule has 1 N–H and O–H groups in total. The standard InChI is InChI=1S/C11H23N3/c1-9(2)7-14-8-12-13-10(14)6-11(3,4)5/h8-10,13H,6-7H2,1-5H3. The largest absolute Gasteiger partial charge is 0.339 e. The summed E-state index contributed by atoms with van der Waals surface area (Å²) in [6, 6.07) is 0. The van der Waals surface area contributed by atoms with Crippen molar-refractivity contribution < 1.29 is 0 Å². The van der Waals surface area contributed by atoms with Crippen LogP contribution in [-0.4, -0.2) is 23.9 Å². The van der Waals surface area contributed by atoms with E-state index >= 15 is 0 Å². The topological polar surface area (TPSA) is 27.6 Å². The van der Waals surface area contributed by atoms with E-state index in [2.05, 4.69) is 50.0 Å². The number of nitrogens with zero attached hydrogens (tertiary/aromatic N) is 2. The first kappa shape index (κ1) is 11.3. The van der Waals surface area contributed by atoms with Crippen LogP contribution >= 0.6 is 0 Å². The van der Waals surface area contributed by atoms with Crippen molar-refractivity contribution in [2.45, 2.75) is 47.2 Å². The highest BCUT2D eigenvalue weighted by atomic mass is 15.5. The molecule has 0 amide bonds. The third-order valence-electron chi connectivity index (χ3n) is 2.21. The zero-order valence-electron chi connectivity index (χ0n) is 10.0. The lowest BCUT2D eigenvalue weighted by Crippen LogP contribution is -2.41. The van der Waals surface area contributed by atoms with Crippen LogP contribution in [0.2, 0.25) is 0 Å². The molecule has 3 nitrogen and oxygen atoms in total. The van der Waals surface area contributed by atoms with Gasteiger partial charge in [0.2, 0.25) is 0 Å². The van der Waals surface area contributed by atoms with Crippen molar-refractivity contribution in [3.8, 4) is 0 Å². The summed E-state index contributed by atoms with van der Waals surface area (Å²) in [6.45, 7) is 12.3. The van der Waals surface area contributed by atoms with Crippen LogP contribution in [0.1, 0.15) is 41.0 Å². The Morgan fingerprint density at radius 3 is 2.57 bits per heavy atom. The number of hydrogen-bond donors (Lipinski definition) is 1. The van der Waals surface area contributed by atoms with E-state index in [9.17, 15) is 0 Å². The van der Waals surface area contributed by atoms with Crippen LogP contribution in [0, 0.1) is 11.3 Å². The fourth-order valence-corrected chi connectivity index (χ4v) is 1.69. The Labute approximate surface area is 87.6 Å². The van der Waals surface area contributed by atoms with Crippen LogP contribution < -0.4 is 5.43 Å². The van der Waals surface area contributed by atoms with Crippen molar-refractivity contribution in [1.29, 1.82) is 0 Å². The van der Waals surface area contributed by atoms with Crippen molar-refractivity contribution >= 4 is 6.34 Å². The van der Waals surface area contributed by atoms with Crippen LogP contribution in [0.3, 0.4) is 0 Å². The quantitative estimate of drug-likeness (QED) is 0.751. The van der Waals surface area contributed by atoms with Crippen molar-refractivity contribution in [3.63, 3.8) is 0 Å². The van der Waals surface area contributed by atoms with Crippen LogP contribution in [0.4, 0.5) is 0 Å². The van der Waals surface area contributed by atoms with Gasteiger partial charge in [0.05, 0.1) is 0 Å². The van der Waals surface area contributed by atoms with E-state index in [4.69, 9.17) is 0 Å². The van der Waals surface area contributed by atoms with E-state index in [0.717, 1.165) is 13.0 Å². The Bertz CT molecular complexity index is 203. The van der Waals surface area contributed by atoms with Gasteiger partial charge in [-0.1, -0.05) is 34.6 Å². The summed E-state index contributed by atoms with van der Waals surface area (Å²) in [4.78, 5) is 2.30. The number of rotatable bonds is 3. The maximum Gasteiger partial charge on any atom is 0.116 e. The molecule has 0 aromatic rings. The molecule has 82 valence electrons. The predicted molar refractivity (Wildman–Crippen MR) is 61.0 cm³/mol. The molecule has 0 aromatic heterocycles. The monoisotopic (exact) mass is 197 g/mol. The minimum absolute atomic E-state index is 0.348. The zero-order valence-corrected chi connectivity index (χ0v) is 10.0. The van der Waals surface area contributed by atoms with Crippen molar-refractivity contribution in [2.24, 2.45) is 16.4 Å². The van der Waals surface area contributed by atoms with Crippen molar-refractivity contribution in [2.75, 3.05) is 6.54 Å². The second-order valence-electron chi connectivity index (χ2n) is 5.74. The first-order chi connectivity index (χ1) is 6.38. The summed E-state index contributed by atoms with van der Waals surface area (Å²) in [5.74, 6) is 0.684. The van der Waals surface area contributed by atoms with E-state index in [1.807, 2.05) is 6.34 Å². The maximum absolute atomic E-state index is 4.13. The van der Waals surface area contributed by atoms with Gasteiger partial charge >= 0.3 is 0 Å². The summed E-state index contributed by atoms with van der Waals surface area (Å²) < 4.78 is 0. The van der Waals surface area contributed by atoms with Gasteiger partial charge in [-0.3, -0.25) is 5.43 Å². The van der Waals surface area contributed by atoms with Gasteiger partial charge in [0.25, 0.3) is 0 Å². The summed E-state index contributed by atoms with van der Waals surface area (Å²) in [6.07, 6.45) is 3.44. The molecule has 1 rings (SSSR count). The Morgan fingerprint density at radius 1 is 1.43 bits per heavy atom. The Kier molecular flexibility index (Phi) is 3.40. The fraction of sp³-hybridized carbons (Fsp3) is 0.909. The van der Waals surface area contributed by atoms with Gasteiger partial charge < -0.3 is 4.90 Å². The Morgan fingerprint density at radius 2 is 2.07 bits per heavy atom. The van der Waals surface area contributed by atoms with Crippen LogP contribution in [0.15, 0.2) is 5.10 Å². The number of hydrogen-bond acceptors (Lipinski definition) is 3. The molecule has 0 spiro atoms. The maximum atomic E-state index is 4.13. The third-order valence-corrected chi connectivity index (χ3v) is 2.21. The van der Waals surface area contributed by atoms with Gasteiger partial charge in [-0.15, -0.1) is 0 Å². The Balaban J connectivity index is 2.46. The molecular weight excluding hydrogens is 174 g/mol. The molecular formula is C11H23N3. The normalized spacial score (nSPS) is 21.9. The minimum atomic E-state index is 0.348. The predicted octanol–water partition coefficient (Wildman–Crippen LogP) is 2.25. The van der Waals surface area contributed by atoms with E-state index in [1.54, 1.807) is 0 Å². The second-order valence-corrected chi connectivity index (χ2v) is 5.74. The van der Waals surface area contributed by atoms with Gasteiger partial charge in [-0.2, -0.15) is 5.10 Å². The van der Waals surface area contributed by atoms with Gasteiger partial charge in [-0.25, -0.2) is 0 Å². The third kappa shape index (κ3) is 3.56. The van der Waals surface area contributed by atoms with E-state index in [1.165, 1.54) is 0 Å². The SMILES string of the molecule is CC(C)CN1C=NNC1CC(C)(C)C. The van der Waals surface area contributed by atoms with Crippen molar-refractivity contribution in [3.05, 3.63) is 0 Å². The molecule has 0 fully saturated rings. The molecule has 0 aliphatic carbocycles. The highest BCUT2D eigenvalue weighted by Crippen LogP contribution is 2.23. The molecule has 1 atom stereocenters. The van der Waals surface area contributed by atoms with Crippen LogP contribution in [0.5, 0.6) is 0 Å². The zero-order chi connectivity index (χ0) is 10.8. The first-order valence-electron chi connectivity index (χ1n) is 5.43. The number of nitrogens with one attached hydrogen (secondary N) is 1. The fourth-order valence-electron chi connectivity index (χ4n) is 1.69. The van der Waals surface area contributed by atoms with Gasteiger partial charge in [0.1, 0.15) is 12.5 Å². The summed E-state index contributed by atoms with van der Waals surface area (Å²) in [5, 5.41) is 4.13. The molecule has 1 heterocycles. The van der Waals surface area contributed by atoms with Gasteiger partial charge in [-0.05, 0) is 17.8 Å². The summed E-state index contributed by atoms with van der Waals surface area (Å²) in [7, 11) is 0. The average molecular weight is 197 g/mol. The lowest BCUT2D eigenvalue weighted by atomic mass is 9.90. The average Bonchev–Trinajstić information content (AvgIpc) is 2.32. The van der Waals surface area contributed by atoms with Gasteiger partial charge in [0, 0.05) is 6.54 Å². The second kappa shape index (κ2) is 4.20. The molecule has 0 saturated carbocycles. The molecule has 1 aliphatic rings. The highest BCUT2D eigenvalue weighted by molar-refractivity contribution is 5.57. The van der Waals surface area contributed by atoms with E-state index < -0.39 is 0 Å².